The van der Waals surface area contributed by atoms with Gasteiger partial charge in [0.05, 0.1) is 6.04 Å². The number of carbonyl (C=O) groups is 1. The minimum atomic E-state index is -0.688. The van der Waals surface area contributed by atoms with Crippen LogP contribution in [0.1, 0.15) is 32.6 Å². The predicted octanol–water partition coefficient (Wildman–Crippen LogP) is 0.704. The van der Waals surface area contributed by atoms with Gasteiger partial charge in [0, 0.05) is 0 Å². The highest BCUT2D eigenvalue weighted by molar-refractivity contribution is 5.79. The minimum Gasteiger partial charge on any atom is -0.368 e. The highest BCUT2D eigenvalue weighted by Gasteiger charge is 2.07. The van der Waals surface area contributed by atoms with Crippen LogP contribution in [0.4, 0.5) is 0 Å². The van der Waals surface area contributed by atoms with Gasteiger partial charge in [0.25, 0.3) is 0 Å². The number of carbonyl (C=O) groups excluding carboxylic acids is 1. The van der Waals surface area contributed by atoms with E-state index in [-0.39, 0.29) is 0 Å². The van der Waals surface area contributed by atoms with E-state index in [2.05, 4.69) is 6.92 Å². The zero-order chi connectivity index (χ0) is 7.98. The number of nitrogens with two attached hydrogens (primary N) is 1. The molecule has 0 saturated carbocycles. The average molecular weight is 143 g/mol. The van der Waals surface area contributed by atoms with Gasteiger partial charge in [-0.05, 0) is 6.42 Å². The fraction of sp³-hybridized carbons (Fsp3) is 0.857. The highest BCUT2D eigenvalue weighted by Crippen LogP contribution is 2.01. The predicted molar refractivity (Wildman–Crippen MR) is 40.2 cm³/mol. The second kappa shape index (κ2) is 5.23. The Kier molecular flexibility index (Phi) is 4.94. The molecule has 59 valence electrons. The molecule has 0 spiro atoms. The zero-order valence-corrected chi connectivity index (χ0v) is 6.39. The normalized spacial score (nSPS) is 13.0. The first kappa shape index (κ1) is 9.43. The summed E-state index contributed by atoms with van der Waals surface area (Å²) in [6.07, 6.45) is 3.75. The lowest BCUT2D eigenvalue weighted by molar-refractivity contribution is -0.119. The van der Waals surface area contributed by atoms with Gasteiger partial charge >= 0.3 is 0 Å². The van der Waals surface area contributed by atoms with E-state index in [1.165, 1.54) is 0 Å². The van der Waals surface area contributed by atoms with Gasteiger partial charge in [-0.15, -0.1) is 0 Å². The van der Waals surface area contributed by atoms with Gasteiger partial charge in [-0.1, -0.05) is 26.2 Å². The van der Waals surface area contributed by atoms with E-state index in [1.807, 2.05) is 0 Å². The van der Waals surface area contributed by atoms with Crippen LogP contribution in [-0.4, -0.2) is 11.9 Å². The average Bonchev–Trinajstić information content (AvgIpc) is 1.88. The van der Waals surface area contributed by atoms with Gasteiger partial charge in [-0.3, -0.25) is 4.79 Å². The SMILES string of the molecule is CCCCCC([NH])C(N)=O. The standard InChI is InChI=1S/C7H15N2O/c1-2-3-4-5-6(8)7(9)10/h6,8H,2-5H2,1H3,(H2,9,10). The number of amides is 1. The van der Waals surface area contributed by atoms with E-state index in [0.29, 0.717) is 6.42 Å². The van der Waals surface area contributed by atoms with Crippen molar-refractivity contribution in [1.29, 1.82) is 0 Å². The summed E-state index contributed by atoms with van der Waals surface area (Å²) < 4.78 is 0. The van der Waals surface area contributed by atoms with E-state index in [4.69, 9.17) is 11.5 Å². The summed E-state index contributed by atoms with van der Waals surface area (Å²) in [5.41, 5.74) is 12.0. The van der Waals surface area contributed by atoms with Crippen LogP contribution in [0.5, 0.6) is 0 Å². The molecule has 0 fully saturated rings. The topological polar surface area (TPSA) is 66.9 Å². The maximum atomic E-state index is 10.3. The van der Waals surface area contributed by atoms with Crippen LogP contribution in [-0.2, 0) is 4.79 Å². The second-order valence-corrected chi connectivity index (χ2v) is 2.45. The molecule has 0 aromatic rings. The molecule has 0 heterocycles. The van der Waals surface area contributed by atoms with Crippen molar-refractivity contribution in [2.75, 3.05) is 0 Å². The third-order valence-electron chi connectivity index (χ3n) is 1.44. The molecule has 0 aromatic carbocycles. The molecule has 1 unspecified atom stereocenters. The highest BCUT2D eigenvalue weighted by atomic mass is 16.1. The summed E-state index contributed by atoms with van der Waals surface area (Å²) in [5, 5.41) is 0. The number of nitrogens with one attached hydrogen (secondary N) is 1. The number of hydrogen-bond acceptors (Lipinski definition) is 1. The van der Waals surface area contributed by atoms with E-state index in [9.17, 15) is 4.79 Å². The molecule has 0 saturated heterocycles. The molecule has 1 radical (unpaired) electrons. The Labute approximate surface area is 61.8 Å². The third-order valence-corrected chi connectivity index (χ3v) is 1.44. The van der Waals surface area contributed by atoms with Crippen molar-refractivity contribution < 1.29 is 4.79 Å². The molecule has 10 heavy (non-hydrogen) atoms. The van der Waals surface area contributed by atoms with E-state index < -0.39 is 11.9 Å². The lowest BCUT2D eigenvalue weighted by Crippen LogP contribution is -2.29. The van der Waals surface area contributed by atoms with Crippen LogP contribution in [0.15, 0.2) is 0 Å². The van der Waals surface area contributed by atoms with Crippen LogP contribution in [0.25, 0.3) is 0 Å². The third kappa shape index (κ3) is 4.32. The van der Waals surface area contributed by atoms with Crippen molar-refractivity contribution in [3.63, 3.8) is 0 Å². The van der Waals surface area contributed by atoms with Crippen LogP contribution < -0.4 is 11.5 Å². The van der Waals surface area contributed by atoms with Crippen molar-refractivity contribution in [1.82, 2.24) is 5.73 Å². The smallest absolute Gasteiger partial charge is 0.235 e. The first-order valence-electron chi connectivity index (χ1n) is 3.69. The quantitative estimate of drug-likeness (QED) is 0.566. The molecular weight excluding hydrogens is 128 g/mol. The van der Waals surface area contributed by atoms with Gasteiger partial charge in [0.1, 0.15) is 0 Å². The van der Waals surface area contributed by atoms with Gasteiger partial charge in [-0.2, -0.15) is 0 Å². The fourth-order valence-electron chi connectivity index (χ4n) is 0.741. The summed E-state index contributed by atoms with van der Waals surface area (Å²) in [7, 11) is 0. The Morgan fingerprint density at radius 3 is 2.60 bits per heavy atom. The van der Waals surface area contributed by atoms with Gasteiger partial charge < -0.3 is 5.73 Å². The fourth-order valence-corrected chi connectivity index (χ4v) is 0.741. The molecule has 1 atom stereocenters. The maximum absolute atomic E-state index is 10.3. The number of rotatable bonds is 5. The molecule has 0 aliphatic rings. The maximum Gasteiger partial charge on any atom is 0.235 e. The van der Waals surface area contributed by atoms with Crippen LogP contribution in [0, 0.1) is 0 Å². The summed E-state index contributed by atoms with van der Waals surface area (Å²) in [6.45, 7) is 2.09. The second-order valence-electron chi connectivity index (χ2n) is 2.45. The van der Waals surface area contributed by atoms with E-state index in [1.54, 1.807) is 0 Å². The summed E-state index contributed by atoms with van der Waals surface area (Å²) >= 11 is 0. The van der Waals surface area contributed by atoms with Crippen molar-refractivity contribution in [3.8, 4) is 0 Å². The Morgan fingerprint density at radius 1 is 1.60 bits per heavy atom. The van der Waals surface area contributed by atoms with Crippen molar-refractivity contribution in [2.24, 2.45) is 5.73 Å². The number of unbranched alkanes of at least 4 members (excludes halogenated alkanes) is 2. The lowest BCUT2D eigenvalue weighted by Gasteiger charge is -2.03. The summed E-state index contributed by atoms with van der Waals surface area (Å²) in [4.78, 5) is 10.3. The van der Waals surface area contributed by atoms with Crippen molar-refractivity contribution in [3.05, 3.63) is 0 Å². The van der Waals surface area contributed by atoms with Gasteiger partial charge in [0.15, 0.2) is 0 Å². The number of hydrogen-bond donors (Lipinski definition) is 1. The molecule has 1 amide bonds. The molecule has 3 heteroatoms. The van der Waals surface area contributed by atoms with E-state index >= 15 is 0 Å². The van der Waals surface area contributed by atoms with Gasteiger partial charge in [-0.25, -0.2) is 5.73 Å². The molecule has 0 aliphatic carbocycles. The zero-order valence-electron chi connectivity index (χ0n) is 6.39. The Balaban J connectivity index is 3.21. The minimum absolute atomic E-state index is 0.504. The molecule has 0 bridgehead atoms. The Bertz CT molecular complexity index is 104. The lowest BCUT2D eigenvalue weighted by atomic mass is 10.1. The Hall–Kier alpha value is -0.570. The van der Waals surface area contributed by atoms with Crippen molar-refractivity contribution in [2.45, 2.75) is 38.6 Å². The summed E-state index contributed by atoms with van der Waals surface area (Å²) in [5.74, 6) is -0.504. The van der Waals surface area contributed by atoms with Crippen LogP contribution in [0.3, 0.4) is 0 Å². The van der Waals surface area contributed by atoms with Crippen molar-refractivity contribution >= 4 is 5.91 Å². The van der Waals surface area contributed by atoms with E-state index in [0.717, 1.165) is 19.3 Å². The number of primary amides is 1. The summed E-state index contributed by atoms with van der Waals surface area (Å²) in [6, 6.07) is -0.688. The molecule has 0 aliphatic heterocycles. The molecule has 0 aromatic heterocycles. The molecule has 3 nitrogen and oxygen atoms in total. The first-order valence-corrected chi connectivity index (χ1v) is 3.69. The monoisotopic (exact) mass is 143 g/mol. The molecule has 0 rings (SSSR count). The molecule has 3 N–H and O–H groups in total. The molecular formula is C7H15N2O. The van der Waals surface area contributed by atoms with Gasteiger partial charge in [0.2, 0.25) is 5.91 Å². The first-order chi connectivity index (χ1) is 4.68. The Morgan fingerprint density at radius 2 is 2.20 bits per heavy atom. The van der Waals surface area contributed by atoms with Crippen LogP contribution >= 0.6 is 0 Å². The largest absolute Gasteiger partial charge is 0.368 e. The van der Waals surface area contributed by atoms with Crippen LogP contribution in [0.2, 0.25) is 0 Å².